The first kappa shape index (κ1) is 29.9. The maximum absolute atomic E-state index is 13.1. The number of halogens is 2. The van der Waals surface area contributed by atoms with Gasteiger partial charge in [-0.2, -0.15) is 0 Å². The van der Waals surface area contributed by atoms with Gasteiger partial charge in [0.15, 0.2) is 6.10 Å². The normalized spacial score (nSPS) is 11.6. The van der Waals surface area contributed by atoms with Crippen LogP contribution in [0.2, 0.25) is 5.02 Å². The molecular weight excluding hydrogens is 527 g/mol. The fourth-order valence-corrected chi connectivity index (χ4v) is 3.75. The van der Waals surface area contributed by atoms with Gasteiger partial charge in [0, 0.05) is 30.3 Å². The van der Waals surface area contributed by atoms with Crippen LogP contribution in [-0.4, -0.2) is 61.0 Å². The lowest BCUT2D eigenvalue weighted by molar-refractivity contribution is -0.149. The Kier molecular flexibility index (Phi) is 12.0. The predicted molar refractivity (Wildman–Crippen MR) is 147 cm³/mol. The van der Waals surface area contributed by atoms with E-state index in [1.54, 1.807) is 72.5 Å². The number of carbonyl (C=O) groups is 2. The molecule has 0 aliphatic heterocycles. The molecule has 208 valence electrons. The van der Waals surface area contributed by atoms with Crippen LogP contribution in [0.5, 0.6) is 5.75 Å². The number of hydrogen-bond donors (Lipinski definition) is 2. The van der Waals surface area contributed by atoms with Crippen molar-refractivity contribution in [3.05, 3.63) is 94.8 Å². The van der Waals surface area contributed by atoms with Gasteiger partial charge in [-0.25, -0.2) is 14.0 Å². The Hall–Kier alpha value is -3.66. The number of carboxylic acids is 1. The van der Waals surface area contributed by atoms with Crippen molar-refractivity contribution in [2.75, 3.05) is 38.2 Å². The van der Waals surface area contributed by atoms with Crippen molar-refractivity contribution < 1.29 is 33.3 Å². The van der Waals surface area contributed by atoms with Gasteiger partial charge in [0.2, 0.25) is 0 Å². The molecule has 0 saturated carbocycles. The molecule has 8 nitrogen and oxygen atoms in total. The van der Waals surface area contributed by atoms with E-state index >= 15 is 0 Å². The fraction of sp³-hybridized carbons (Fsp3) is 0.310. The van der Waals surface area contributed by atoms with Gasteiger partial charge >= 0.3 is 12.0 Å². The molecule has 39 heavy (non-hydrogen) atoms. The van der Waals surface area contributed by atoms with Crippen LogP contribution in [0.4, 0.5) is 14.9 Å². The average Bonchev–Trinajstić information content (AvgIpc) is 2.92. The first-order valence-electron chi connectivity index (χ1n) is 12.5. The van der Waals surface area contributed by atoms with Gasteiger partial charge in [-0.1, -0.05) is 35.9 Å². The molecule has 0 aromatic heterocycles. The molecule has 0 aliphatic carbocycles. The summed E-state index contributed by atoms with van der Waals surface area (Å²) in [6.45, 7) is 3.44. The molecule has 3 rings (SSSR count). The van der Waals surface area contributed by atoms with Gasteiger partial charge in [0.05, 0.1) is 19.8 Å². The number of anilines is 1. The summed E-state index contributed by atoms with van der Waals surface area (Å²) < 4.78 is 29.9. The third-order valence-electron chi connectivity index (χ3n) is 5.69. The van der Waals surface area contributed by atoms with Crippen LogP contribution in [0.15, 0.2) is 72.8 Å². The molecule has 2 amide bonds. The number of carbonyl (C=O) groups excluding carboxylic acids is 1. The summed E-state index contributed by atoms with van der Waals surface area (Å²) in [5.41, 5.74) is 2.24. The summed E-state index contributed by atoms with van der Waals surface area (Å²) in [5.74, 6) is -0.725. The summed E-state index contributed by atoms with van der Waals surface area (Å²) in [5, 5.41) is 12.7. The molecule has 2 N–H and O–H groups in total. The zero-order valence-corrected chi connectivity index (χ0v) is 22.4. The molecule has 0 heterocycles. The van der Waals surface area contributed by atoms with Gasteiger partial charge in [-0.05, 0) is 66.6 Å². The number of ether oxygens (including phenoxy) is 3. The van der Waals surface area contributed by atoms with E-state index in [0.29, 0.717) is 36.2 Å². The number of urea groups is 1. The molecule has 3 aromatic carbocycles. The van der Waals surface area contributed by atoms with Crippen LogP contribution < -0.4 is 10.1 Å². The molecule has 1 unspecified atom stereocenters. The Morgan fingerprint density at radius 3 is 2.23 bits per heavy atom. The first-order valence-corrected chi connectivity index (χ1v) is 12.9. The molecule has 0 spiro atoms. The third kappa shape index (κ3) is 10.6. The second-order valence-corrected chi connectivity index (χ2v) is 9.02. The smallest absolute Gasteiger partial charge is 0.333 e. The highest BCUT2D eigenvalue weighted by atomic mass is 35.5. The largest absolute Gasteiger partial charge is 0.492 e. The minimum atomic E-state index is -1.00. The summed E-state index contributed by atoms with van der Waals surface area (Å²) in [6, 6.07) is 19.6. The van der Waals surface area contributed by atoms with Crippen molar-refractivity contribution in [1.82, 2.24) is 4.90 Å². The second kappa shape index (κ2) is 15.7. The van der Waals surface area contributed by atoms with E-state index in [4.69, 9.17) is 25.8 Å². The lowest BCUT2D eigenvalue weighted by Gasteiger charge is -2.23. The number of hydrogen-bond acceptors (Lipinski definition) is 5. The summed E-state index contributed by atoms with van der Waals surface area (Å²) in [4.78, 5) is 25.9. The van der Waals surface area contributed by atoms with Gasteiger partial charge in [0.1, 0.15) is 18.2 Å². The quantitative estimate of drug-likeness (QED) is 0.234. The summed E-state index contributed by atoms with van der Waals surface area (Å²) in [7, 11) is 0. The minimum absolute atomic E-state index is 0.224. The maximum Gasteiger partial charge on any atom is 0.333 e. The Morgan fingerprint density at radius 1 is 0.949 bits per heavy atom. The van der Waals surface area contributed by atoms with E-state index in [2.05, 4.69) is 5.32 Å². The first-order chi connectivity index (χ1) is 18.8. The maximum atomic E-state index is 13.1. The number of aliphatic carboxylic acids is 1. The van der Waals surface area contributed by atoms with Crippen LogP contribution in [0.25, 0.3) is 0 Å². The number of amides is 2. The Bertz CT molecular complexity index is 1180. The summed E-state index contributed by atoms with van der Waals surface area (Å²) in [6.07, 6.45) is -0.653. The van der Waals surface area contributed by atoms with E-state index in [1.807, 2.05) is 0 Å². The monoisotopic (exact) mass is 558 g/mol. The Labute approximate surface area is 232 Å². The lowest BCUT2D eigenvalue weighted by Crippen LogP contribution is -2.40. The molecule has 1 atom stereocenters. The van der Waals surface area contributed by atoms with Crippen molar-refractivity contribution in [2.45, 2.75) is 26.1 Å². The molecule has 0 fully saturated rings. The highest BCUT2D eigenvalue weighted by Gasteiger charge is 2.18. The Balaban J connectivity index is 1.53. The van der Waals surface area contributed by atoms with Crippen LogP contribution in [0.1, 0.15) is 18.1 Å². The molecule has 0 radical (unpaired) electrons. The van der Waals surface area contributed by atoms with Crippen LogP contribution in [0.3, 0.4) is 0 Å². The molecule has 3 aromatic rings. The van der Waals surface area contributed by atoms with Gasteiger partial charge in [-0.15, -0.1) is 0 Å². The van der Waals surface area contributed by atoms with Crippen LogP contribution in [0, 0.1) is 5.82 Å². The van der Waals surface area contributed by atoms with Crippen LogP contribution in [-0.2, 0) is 27.3 Å². The second-order valence-electron chi connectivity index (χ2n) is 8.58. The third-order valence-corrected chi connectivity index (χ3v) is 5.94. The van der Waals surface area contributed by atoms with Gasteiger partial charge in [0.25, 0.3) is 0 Å². The van der Waals surface area contributed by atoms with Crippen molar-refractivity contribution in [2.24, 2.45) is 0 Å². The molecule has 0 saturated heterocycles. The number of nitrogens with zero attached hydrogens (tertiary/aromatic N) is 1. The van der Waals surface area contributed by atoms with Crippen molar-refractivity contribution in [3.63, 3.8) is 0 Å². The number of nitrogens with one attached hydrogen (secondary N) is 1. The van der Waals surface area contributed by atoms with E-state index in [0.717, 1.165) is 11.1 Å². The van der Waals surface area contributed by atoms with Gasteiger partial charge in [-0.3, -0.25) is 0 Å². The SMILES string of the molecule is CCOC(Cc1ccc(OCCN(CCOCc2ccc(F)cc2)C(=O)Nc2ccc(Cl)cc2)cc1)C(=O)O. The molecule has 10 heteroatoms. The van der Waals surface area contributed by atoms with E-state index in [-0.39, 0.29) is 38.0 Å². The van der Waals surface area contributed by atoms with Crippen molar-refractivity contribution >= 4 is 29.3 Å². The topological polar surface area (TPSA) is 97.3 Å². The van der Waals surface area contributed by atoms with Crippen molar-refractivity contribution in [3.8, 4) is 5.75 Å². The molecule has 0 bridgehead atoms. The summed E-state index contributed by atoms with van der Waals surface area (Å²) >= 11 is 5.93. The molecule has 0 aliphatic rings. The predicted octanol–water partition coefficient (Wildman–Crippen LogP) is 5.64. The minimum Gasteiger partial charge on any atom is -0.492 e. The number of carboxylic acid groups (broad SMARTS) is 1. The zero-order valence-electron chi connectivity index (χ0n) is 21.6. The number of benzene rings is 3. The highest BCUT2D eigenvalue weighted by Crippen LogP contribution is 2.16. The van der Waals surface area contributed by atoms with Crippen LogP contribution >= 0.6 is 11.6 Å². The van der Waals surface area contributed by atoms with E-state index < -0.39 is 12.1 Å². The molecular formula is C29H32ClFN2O6. The Morgan fingerprint density at radius 2 is 1.59 bits per heavy atom. The van der Waals surface area contributed by atoms with E-state index in [1.165, 1.54) is 12.1 Å². The lowest BCUT2D eigenvalue weighted by atomic mass is 10.1. The fourth-order valence-electron chi connectivity index (χ4n) is 3.62. The average molecular weight is 559 g/mol. The van der Waals surface area contributed by atoms with Gasteiger partial charge < -0.3 is 29.5 Å². The van der Waals surface area contributed by atoms with E-state index in [9.17, 15) is 19.1 Å². The number of rotatable bonds is 15. The standard InChI is InChI=1S/C29H32ClFN2O6/c1-2-38-27(28(34)35)19-21-5-13-26(14-6-21)39-18-16-33(29(36)32-25-11-7-23(30)8-12-25)15-17-37-20-22-3-9-24(31)10-4-22/h3-14,27H,2,15-20H2,1H3,(H,32,36)(H,34,35). The van der Waals surface area contributed by atoms with Crippen molar-refractivity contribution in [1.29, 1.82) is 0 Å². The zero-order chi connectivity index (χ0) is 28.0. The highest BCUT2D eigenvalue weighted by molar-refractivity contribution is 6.30.